The molecule has 0 radical (unpaired) electrons. The zero-order valence-electron chi connectivity index (χ0n) is 10.4. The molecule has 0 amide bonds. The number of nitrogens with two attached hydrogens (primary N) is 1. The smallest absolute Gasteiger partial charge is 0.126 e. The van der Waals surface area contributed by atoms with Crippen LogP contribution in [0.1, 0.15) is 28.3 Å². The Morgan fingerprint density at radius 2 is 1.78 bits per heavy atom. The van der Waals surface area contributed by atoms with E-state index in [4.69, 9.17) is 17.3 Å². The average molecular weight is 264 g/mol. The number of benzene rings is 2. The molecular weight excluding hydrogens is 249 g/mol. The average Bonchev–Trinajstić information content (AvgIpc) is 2.32. The van der Waals surface area contributed by atoms with Crippen LogP contribution in [0.5, 0.6) is 0 Å². The van der Waals surface area contributed by atoms with Crippen LogP contribution in [0.4, 0.5) is 4.39 Å². The van der Waals surface area contributed by atoms with Crippen LogP contribution in [0.15, 0.2) is 36.4 Å². The summed E-state index contributed by atoms with van der Waals surface area (Å²) in [7, 11) is 0. The van der Waals surface area contributed by atoms with Crippen LogP contribution in [0.25, 0.3) is 0 Å². The van der Waals surface area contributed by atoms with Gasteiger partial charge in [0.25, 0.3) is 0 Å². The summed E-state index contributed by atoms with van der Waals surface area (Å²) in [6.07, 6.45) is 0. The van der Waals surface area contributed by atoms with Crippen molar-refractivity contribution in [1.82, 2.24) is 0 Å². The first-order valence-corrected chi connectivity index (χ1v) is 6.14. The van der Waals surface area contributed by atoms with Gasteiger partial charge in [0, 0.05) is 5.02 Å². The molecule has 2 aromatic rings. The van der Waals surface area contributed by atoms with Crippen LogP contribution in [0.2, 0.25) is 5.02 Å². The van der Waals surface area contributed by atoms with E-state index in [0.29, 0.717) is 10.6 Å². The van der Waals surface area contributed by atoms with Crippen molar-refractivity contribution in [3.8, 4) is 0 Å². The lowest BCUT2D eigenvalue weighted by molar-refractivity contribution is 0.617. The van der Waals surface area contributed by atoms with Gasteiger partial charge >= 0.3 is 0 Å². The Bertz CT molecular complexity index is 581. The van der Waals surface area contributed by atoms with Gasteiger partial charge in [-0.3, -0.25) is 0 Å². The number of halogens is 2. The van der Waals surface area contributed by atoms with E-state index < -0.39 is 0 Å². The summed E-state index contributed by atoms with van der Waals surface area (Å²) in [5.74, 6) is -0.209. The first-order valence-electron chi connectivity index (χ1n) is 5.76. The Morgan fingerprint density at radius 3 is 2.39 bits per heavy atom. The molecule has 18 heavy (non-hydrogen) atoms. The summed E-state index contributed by atoms with van der Waals surface area (Å²) >= 11 is 5.92. The third kappa shape index (κ3) is 2.55. The highest BCUT2D eigenvalue weighted by Gasteiger charge is 2.12. The normalized spacial score (nSPS) is 12.5. The molecule has 94 valence electrons. The van der Waals surface area contributed by atoms with Gasteiger partial charge in [0.2, 0.25) is 0 Å². The Kier molecular flexibility index (Phi) is 3.69. The second-order valence-electron chi connectivity index (χ2n) is 4.49. The SMILES string of the molecule is Cc1cc(C(N)c2ccc(Cl)cc2C)ccc1F. The maximum Gasteiger partial charge on any atom is 0.126 e. The third-order valence-electron chi connectivity index (χ3n) is 3.11. The van der Waals surface area contributed by atoms with Gasteiger partial charge in [0.05, 0.1) is 6.04 Å². The molecule has 0 saturated carbocycles. The molecule has 1 unspecified atom stereocenters. The van der Waals surface area contributed by atoms with Gasteiger partial charge < -0.3 is 5.73 Å². The van der Waals surface area contributed by atoms with E-state index in [2.05, 4.69) is 0 Å². The highest BCUT2D eigenvalue weighted by atomic mass is 35.5. The van der Waals surface area contributed by atoms with E-state index in [1.807, 2.05) is 25.1 Å². The Morgan fingerprint density at radius 1 is 1.06 bits per heavy atom. The van der Waals surface area contributed by atoms with Crippen molar-refractivity contribution >= 4 is 11.6 Å². The van der Waals surface area contributed by atoms with Crippen LogP contribution in [0, 0.1) is 19.7 Å². The highest BCUT2D eigenvalue weighted by Crippen LogP contribution is 2.26. The fraction of sp³-hybridized carbons (Fsp3) is 0.200. The lowest BCUT2D eigenvalue weighted by Gasteiger charge is -2.16. The first kappa shape index (κ1) is 13.1. The van der Waals surface area contributed by atoms with Crippen molar-refractivity contribution < 1.29 is 4.39 Å². The number of hydrogen-bond donors (Lipinski definition) is 1. The molecule has 0 bridgehead atoms. The van der Waals surface area contributed by atoms with E-state index in [1.165, 1.54) is 6.07 Å². The van der Waals surface area contributed by atoms with E-state index in [0.717, 1.165) is 16.7 Å². The molecule has 0 aromatic heterocycles. The van der Waals surface area contributed by atoms with Crippen LogP contribution in [0.3, 0.4) is 0 Å². The molecule has 1 atom stereocenters. The molecule has 0 aliphatic rings. The van der Waals surface area contributed by atoms with Crippen molar-refractivity contribution in [2.45, 2.75) is 19.9 Å². The van der Waals surface area contributed by atoms with Crippen LogP contribution >= 0.6 is 11.6 Å². The van der Waals surface area contributed by atoms with Gasteiger partial charge in [-0.25, -0.2) is 4.39 Å². The van der Waals surface area contributed by atoms with Crippen LogP contribution < -0.4 is 5.73 Å². The monoisotopic (exact) mass is 263 g/mol. The summed E-state index contributed by atoms with van der Waals surface area (Å²) in [4.78, 5) is 0. The summed E-state index contributed by atoms with van der Waals surface area (Å²) in [6, 6.07) is 10.3. The minimum absolute atomic E-state index is 0.209. The summed E-state index contributed by atoms with van der Waals surface area (Å²) in [5, 5.41) is 0.693. The minimum Gasteiger partial charge on any atom is -0.320 e. The fourth-order valence-corrected chi connectivity index (χ4v) is 2.26. The Balaban J connectivity index is 2.41. The molecule has 0 aliphatic carbocycles. The van der Waals surface area contributed by atoms with Gasteiger partial charge in [-0.1, -0.05) is 29.8 Å². The molecule has 0 aliphatic heterocycles. The van der Waals surface area contributed by atoms with Gasteiger partial charge in [-0.05, 0) is 54.3 Å². The molecule has 0 spiro atoms. The summed E-state index contributed by atoms with van der Waals surface area (Å²) < 4.78 is 13.2. The van der Waals surface area contributed by atoms with Crippen molar-refractivity contribution in [1.29, 1.82) is 0 Å². The van der Waals surface area contributed by atoms with E-state index >= 15 is 0 Å². The third-order valence-corrected chi connectivity index (χ3v) is 3.34. The molecule has 1 nitrogen and oxygen atoms in total. The lowest BCUT2D eigenvalue weighted by atomic mass is 9.95. The molecule has 0 heterocycles. The maximum atomic E-state index is 13.2. The second kappa shape index (κ2) is 5.09. The molecule has 2 aromatic carbocycles. The fourth-order valence-electron chi connectivity index (χ4n) is 2.03. The van der Waals surface area contributed by atoms with Gasteiger partial charge in [-0.15, -0.1) is 0 Å². The second-order valence-corrected chi connectivity index (χ2v) is 4.92. The van der Waals surface area contributed by atoms with Gasteiger partial charge in [0.1, 0.15) is 5.82 Å². The van der Waals surface area contributed by atoms with Crippen molar-refractivity contribution in [2.75, 3.05) is 0 Å². The first-order chi connectivity index (χ1) is 8.49. The largest absolute Gasteiger partial charge is 0.320 e. The molecule has 0 fully saturated rings. The topological polar surface area (TPSA) is 26.0 Å². The quantitative estimate of drug-likeness (QED) is 0.866. The number of rotatable bonds is 2. The van der Waals surface area contributed by atoms with Crippen molar-refractivity contribution in [3.63, 3.8) is 0 Å². The van der Waals surface area contributed by atoms with Crippen LogP contribution in [-0.4, -0.2) is 0 Å². The van der Waals surface area contributed by atoms with E-state index in [1.54, 1.807) is 19.1 Å². The number of aryl methyl sites for hydroxylation is 2. The van der Waals surface area contributed by atoms with Gasteiger partial charge in [-0.2, -0.15) is 0 Å². The summed E-state index contributed by atoms with van der Waals surface area (Å²) in [6.45, 7) is 3.71. The van der Waals surface area contributed by atoms with E-state index in [9.17, 15) is 4.39 Å². The molecule has 2 rings (SSSR count). The Labute approximate surface area is 111 Å². The summed E-state index contributed by atoms with van der Waals surface area (Å²) in [5.41, 5.74) is 9.77. The molecule has 0 saturated heterocycles. The van der Waals surface area contributed by atoms with Crippen molar-refractivity contribution in [3.05, 3.63) is 69.5 Å². The molecular formula is C15H15ClFN. The Hall–Kier alpha value is -1.38. The van der Waals surface area contributed by atoms with Crippen LogP contribution in [-0.2, 0) is 0 Å². The van der Waals surface area contributed by atoms with Crippen molar-refractivity contribution in [2.24, 2.45) is 5.73 Å². The van der Waals surface area contributed by atoms with E-state index in [-0.39, 0.29) is 11.9 Å². The molecule has 3 heteroatoms. The lowest BCUT2D eigenvalue weighted by Crippen LogP contribution is -2.13. The maximum absolute atomic E-state index is 13.2. The predicted molar refractivity (Wildman–Crippen MR) is 73.4 cm³/mol. The molecule has 2 N–H and O–H groups in total. The highest BCUT2D eigenvalue weighted by molar-refractivity contribution is 6.30. The van der Waals surface area contributed by atoms with Gasteiger partial charge in [0.15, 0.2) is 0 Å². The predicted octanol–water partition coefficient (Wildman–Crippen LogP) is 4.14. The zero-order valence-corrected chi connectivity index (χ0v) is 11.1. The minimum atomic E-state index is -0.262. The zero-order chi connectivity index (χ0) is 13.3. The standard InChI is InChI=1S/C15H15ClFN/c1-9-8-12(16)4-5-13(9)15(18)11-3-6-14(17)10(2)7-11/h3-8,15H,18H2,1-2H3. The number of hydrogen-bond acceptors (Lipinski definition) is 1.